The first kappa shape index (κ1) is 17.5. The van der Waals surface area contributed by atoms with Crippen LogP contribution in [0.4, 0.5) is 0 Å². The minimum absolute atomic E-state index is 0.199. The predicted octanol–water partition coefficient (Wildman–Crippen LogP) is 1.73. The van der Waals surface area contributed by atoms with Crippen molar-refractivity contribution in [3.05, 3.63) is 5.82 Å². The van der Waals surface area contributed by atoms with Gasteiger partial charge in [0, 0.05) is 6.42 Å². The van der Waals surface area contributed by atoms with Crippen molar-refractivity contribution in [2.75, 3.05) is 13.2 Å². The number of thioether (sulfide) groups is 1. The standard InChI is InChI=1S/C13H21N3O4S/c1-4-7-8-9-14-13(16-15-9)21-10(11(17)19-5-2)12(18)20-6-3/h10H,4-8H2,1-3H3,(H,14,15,16). The maximum atomic E-state index is 11.8. The Balaban J connectivity index is 2.73. The van der Waals surface area contributed by atoms with Crippen molar-refractivity contribution in [2.24, 2.45) is 0 Å². The lowest BCUT2D eigenvalue weighted by Gasteiger charge is -2.11. The Hall–Kier alpha value is -1.57. The van der Waals surface area contributed by atoms with E-state index in [-0.39, 0.29) is 13.2 Å². The molecule has 0 fully saturated rings. The molecule has 0 aliphatic carbocycles. The third kappa shape index (κ3) is 5.74. The van der Waals surface area contributed by atoms with Crippen LogP contribution >= 0.6 is 11.8 Å². The highest BCUT2D eigenvalue weighted by atomic mass is 32.2. The van der Waals surface area contributed by atoms with Gasteiger partial charge in [-0.1, -0.05) is 25.1 Å². The third-order valence-electron chi connectivity index (χ3n) is 2.50. The van der Waals surface area contributed by atoms with E-state index in [1.54, 1.807) is 13.8 Å². The normalized spacial score (nSPS) is 10.7. The van der Waals surface area contributed by atoms with Crippen LogP contribution < -0.4 is 0 Å². The van der Waals surface area contributed by atoms with Crippen molar-refractivity contribution >= 4 is 23.7 Å². The van der Waals surface area contributed by atoms with Crippen LogP contribution in [0.25, 0.3) is 0 Å². The van der Waals surface area contributed by atoms with Crippen LogP contribution in [0.2, 0.25) is 0 Å². The first-order valence-electron chi connectivity index (χ1n) is 7.03. The smallest absolute Gasteiger partial charge is 0.331 e. The number of esters is 2. The van der Waals surface area contributed by atoms with Crippen LogP contribution in [0.3, 0.4) is 0 Å². The number of aromatic amines is 1. The molecule has 0 spiro atoms. The van der Waals surface area contributed by atoms with Gasteiger partial charge in [0.2, 0.25) is 10.4 Å². The summed E-state index contributed by atoms with van der Waals surface area (Å²) in [6.45, 7) is 5.85. The van der Waals surface area contributed by atoms with Gasteiger partial charge in [0.05, 0.1) is 13.2 Å². The topological polar surface area (TPSA) is 94.2 Å². The molecule has 0 amide bonds. The second-order valence-corrected chi connectivity index (χ2v) is 5.24. The number of aryl methyl sites for hydroxylation is 1. The number of hydrogen-bond acceptors (Lipinski definition) is 7. The van der Waals surface area contributed by atoms with Gasteiger partial charge in [0.15, 0.2) is 0 Å². The fourth-order valence-corrected chi connectivity index (χ4v) is 2.32. The van der Waals surface area contributed by atoms with Gasteiger partial charge in [0.1, 0.15) is 5.82 Å². The quantitative estimate of drug-likeness (QED) is 0.421. The van der Waals surface area contributed by atoms with E-state index in [0.29, 0.717) is 5.16 Å². The lowest BCUT2D eigenvalue weighted by atomic mass is 10.2. The number of hydrogen-bond donors (Lipinski definition) is 1. The summed E-state index contributed by atoms with van der Waals surface area (Å²) in [5, 5.41) is 6.05. The van der Waals surface area contributed by atoms with Gasteiger partial charge >= 0.3 is 11.9 Å². The van der Waals surface area contributed by atoms with Gasteiger partial charge in [-0.15, -0.1) is 5.10 Å². The summed E-state index contributed by atoms with van der Waals surface area (Å²) in [6.07, 6.45) is 2.84. The minimum Gasteiger partial charge on any atom is -0.465 e. The Labute approximate surface area is 128 Å². The Morgan fingerprint density at radius 1 is 1.19 bits per heavy atom. The maximum Gasteiger partial charge on any atom is 0.331 e. The Kier molecular flexibility index (Phi) is 7.81. The zero-order chi connectivity index (χ0) is 15.7. The summed E-state index contributed by atoms with van der Waals surface area (Å²) in [5.74, 6) is -0.535. The SMILES string of the molecule is CCCCc1nc(SC(C(=O)OCC)C(=O)OCC)n[nH]1. The van der Waals surface area contributed by atoms with Gasteiger partial charge in [0.25, 0.3) is 0 Å². The van der Waals surface area contributed by atoms with E-state index in [0.717, 1.165) is 36.8 Å². The summed E-state index contributed by atoms with van der Waals surface area (Å²) in [5.41, 5.74) is 0. The van der Waals surface area contributed by atoms with E-state index in [1.165, 1.54) is 0 Å². The van der Waals surface area contributed by atoms with Crippen molar-refractivity contribution in [3.8, 4) is 0 Å². The number of nitrogens with one attached hydrogen (secondary N) is 1. The summed E-state index contributed by atoms with van der Waals surface area (Å²) < 4.78 is 9.78. The molecule has 0 aliphatic rings. The molecule has 8 heteroatoms. The van der Waals surface area contributed by atoms with Gasteiger partial charge in [-0.05, 0) is 20.3 Å². The zero-order valence-electron chi connectivity index (χ0n) is 12.5. The zero-order valence-corrected chi connectivity index (χ0v) is 13.4. The maximum absolute atomic E-state index is 11.8. The molecule has 1 aromatic heterocycles. The molecule has 0 radical (unpaired) electrons. The minimum atomic E-state index is -1.10. The van der Waals surface area contributed by atoms with E-state index in [1.807, 2.05) is 0 Å². The molecular formula is C13H21N3O4S. The first-order chi connectivity index (χ1) is 10.1. The number of unbranched alkanes of at least 4 members (excludes halogenated alkanes) is 1. The number of rotatable bonds is 9. The molecule has 0 atom stereocenters. The van der Waals surface area contributed by atoms with Gasteiger partial charge in [-0.3, -0.25) is 14.7 Å². The lowest BCUT2D eigenvalue weighted by molar-refractivity contribution is -0.152. The van der Waals surface area contributed by atoms with E-state index in [9.17, 15) is 9.59 Å². The number of H-pyrrole nitrogens is 1. The van der Waals surface area contributed by atoms with E-state index in [4.69, 9.17) is 9.47 Å². The summed E-state index contributed by atoms with van der Waals surface area (Å²) in [4.78, 5) is 27.9. The molecule has 0 aliphatic heterocycles. The number of carbonyl (C=O) groups excluding carboxylic acids is 2. The second kappa shape index (κ2) is 9.38. The second-order valence-electron chi connectivity index (χ2n) is 4.17. The molecule has 0 aromatic carbocycles. The molecule has 1 heterocycles. The van der Waals surface area contributed by atoms with Gasteiger partial charge in [-0.25, -0.2) is 4.98 Å². The summed E-state index contributed by atoms with van der Waals surface area (Å²) in [7, 11) is 0. The Bertz CT molecular complexity index is 446. The van der Waals surface area contributed by atoms with Gasteiger partial charge in [-0.2, -0.15) is 0 Å². The number of nitrogens with zero attached hydrogens (tertiary/aromatic N) is 2. The van der Waals surface area contributed by atoms with Crippen molar-refractivity contribution in [3.63, 3.8) is 0 Å². The van der Waals surface area contributed by atoms with Crippen LogP contribution in [0.1, 0.15) is 39.4 Å². The van der Waals surface area contributed by atoms with Crippen LogP contribution in [-0.2, 0) is 25.5 Å². The fourth-order valence-electron chi connectivity index (χ4n) is 1.52. The van der Waals surface area contributed by atoms with Crippen molar-refractivity contribution in [2.45, 2.75) is 50.4 Å². The van der Waals surface area contributed by atoms with E-state index >= 15 is 0 Å². The van der Waals surface area contributed by atoms with Crippen molar-refractivity contribution in [1.29, 1.82) is 0 Å². The molecule has 21 heavy (non-hydrogen) atoms. The van der Waals surface area contributed by atoms with Crippen molar-refractivity contribution < 1.29 is 19.1 Å². The number of carbonyl (C=O) groups is 2. The number of aromatic nitrogens is 3. The molecule has 1 rings (SSSR count). The molecule has 7 nitrogen and oxygen atoms in total. The fraction of sp³-hybridized carbons (Fsp3) is 0.692. The third-order valence-corrected chi connectivity index (χ3v) is 3.52. The van der Waals surface area contributed by atoms with Crippen LogP contribution in [-0.4, -0.2) is 45.6 Å². The predicted molar refractivity (Wildman–Crippen MR) is 77.9 cm³/mol. The molecule has 118 valence electrons. The molecule has 1 N–H and O–H groups in total. The first-order valence-corrected chi connectivity index (χ1v) is 7.91. The highest BCUT2D eigenvalue weighted by Gasteiger charge is 2.32. The van der Waals surface area contributed by atoms with Crippen molar-refractivity contribution in [1.82, 2.24) is 15.2 Å². The Morgan fingerprint density at radius 2 is 1.81 bits per heavy atom. The van der Waals surface area contributed by atoms with E-state index < -0.39 is 17.2 Å². The number of ether oxygens (including phenoxy) is 2. The molecule has 0 unspecified atom stereocenters. The average Bonchev–Trinajstić information content (AvgIpc) is 2.90. The Morgan fingerprint density at radius 3 is 2.33 bits per heavy atom. The average molecular weight is 315 g/mol. The molecule has 0 saturated carbocycles. The van der Waals surface area contributed by atoms with Gasteiger partial charge < -0.3 is 9.47 Å². The molecular weight excluding hydrogens is 294 g/mol. The highest BCUT2D eigenvalue weighted by molar-refractivity contribution is 8.01. The summed E-state index contributed by atoms with van der Waals surface area (Å²) in [6, 6.07) is 0. The van der Waals surface area contributed by atoms with Crippen LogP contribution in [0, 0.1) is 0 Å². The van der Waals surface area contributed by atoms with E-state index in [2.05, 4.69) is 22.1 Å². The molecule has 0 saturated heterocycles. The highest BCUT2D eigenvalue weighted by Crippen LogP contribution is 2.22. The largest absolute Gasteiger partial charge is 0.465 e. The van der Waals surface area contributed by atoms with Crippen LogP contribution in [0.5, 0.6) is 0 Å². The van der Waals surface area contributed by atoms with Crippen LogP contribution in [0.15, 0.2) is 5.16 Å². The lowest BCUT2D eigenvalue weighted by Crippen LogP contribution is -2.31. The molecule has 0 bridgehead atoms. The summed E-state index contributed by atoms with van der Waals surface area (Å²) >= 11 is 0.937. The monoisotopic (exact) mass is 315 g/mol. The molecule has 1 aromatic rings.